The van der Waals surface area contributed by atoms with Crippen molar-refractivity contribution in [1.82, 2.24) is 0 Å². The Kier molecular flexibility index (Phi) is 6.86. The van der Waals surface area contributed by atoms with Crippen LogP contribution in [0.5, 0.6) is 11.5 Å². The summed E-state index contributed by atoms with van der Waals surface area (Å²) >= 11 is 3.40. The van der Waals surface area contributed by atoms with Crippen molar-refractivity contribution in [2.45, 2.75) is 6.61 Å². The Hall–Kier alpha value is -3.90. The molecule has 33 heavy (non-hydrogen) atoms. The predicted molar refractivity (Wildman–Crippen MR) is 129 cm³/mol. The summed E-state index contributed by atoms with van der Waals surface area (Å²) < 4.78 is 12.2. The molecule has 0 fully saturated rings. The van der Waals surface area contributed by atoms with Crippen LogP contribution >= 0.6 is 15.9 Å². The van der Waals surface area contributed by atoms with Crippen LogP contribution in [0.15, 0.2) is 102 Å². The van der Waals surface area contributed by atoms with Gasteiger partial charge in [0.15, 0.2) is 0 Å². The molecular formula is C27H19BrO5. The second-order valence-electron chi connectivity index (χ2n) is 7.18. The summed E-state index contributed by atoms with van der Waals surface area (Å²) in [5, 5.41) is 9.93. The zero-order valence-electron chi connectivity index (χ0n) is 17.4. The van der Waals surface area contributed by atoms with Gasteiger partial charge in [-0.2, -0.15) is 0 Å². The van der Waals surface area contributed by atoms with Gasteiger partial charge >= 0.3 is 11.9 Å². The lowest BCUT2D eigenvalue weighted by Crippen LogP contribution is -2.14. The molecular weight excluding hydrogens is 484 g/mol. The number of benzene rings is 4. The predicted octanol–water partition coefficient (Wildman–Crippen LogP) is 6.96. The molecule has 5 nitrogen and oxygen atoms in total. The minimum Gasteiger partial charge on any atom is -0.478 e. The van der Waals surface area contributed by atoms with Crippen LogP contribution in [0.4, 0.5) is 0 Å². The van der Waals surface area contributed by atoms with Crippen molar-refractivity contribution in [3.8, 4) is 22.6 Å². The highest BCUT2D eigenvalue weighted by atomic mass is 79.9. The van der Waals surface area contributed by atoms with Gasteiger partial charge < -0.3 is 14.6 Å². The fourth-order valence-corrected chi connectivity index (χ4v) is 3.60. The fraction of sp³-hybridized carbons (Fsp3) is 0.0370. The van der Waals surface area contributed by atoms with Gasteiger partial charge in [0.25, 0.3) is 0 Å². The van der Waals surface area contributed by atoms with Crippen LogP contribution in [0.3, 0.4) is 0 Å². The Morgan fingerprint density at radius 1 is 0.788 bits per heavy atom. The van der Waals surface area contributed by atoms with Crippen LogP contribution in [-0.2, 0) is 11.3 Å². The Morgan fingerprint density at radius 2 is 1.42 bits per heavy atom. The number of carboxylic acids is 1. The molecule has 0 radical (unpaired) electrons. The van der Waals surface area contributed by atoms with E-state index in [2.05, 4.69) is 15.9 Å². The van der Waals surface area contributed by atoms with Crippen LogP contribution in [0, 0.1) is 0 Å². The average Bonchev–Trinajstić information content (AvgIpc) is 2.84. The topological polar surface area (TPSA) is 72.8 Å². The molecule has 0 amide bonds. The third-order valence-electron chi connectivity index (χ3n) is 4.89. The van der Waals surface area contributed by atoms with Crippen molar-refractivity contribution in [3.05, 3.63) is 118 Å². The molecule has 4 aromatic carbocycles. The number of esters is 1. The van der Waals surface area contributed by atoms with E-state index in [4.69, 9.17) is 9.47 Å². The Morgan fingerprint density at radius 3 is 2.06 bits per heavy atom. The summed E-state index contributed by atoms with van der Waals surface area (Å²) in [6.45, 7) is 0.0285. The Bertz CT molecular complexity index is 1270. The van der Waals surface area contributed by atoms with Crippen LogP contribution in [-0.4, -0.2) is 17.0 Å². The van der Waals surface area contributed by atoms with Crippen molar-refractivity contribution in [2.75, 3.05) is 0 Å². The number of para-hydroxylation sites is 1. The van der Waals surface area contributed by atoms with E-state index >= 15 is 0 Å². The smallest absolute Gasteiger partial charge is 0.339 e. The first kappa shape index (κ1) is 22.3. The van der Waals surface area contributed by atoms with Gasteiger partial charge in [0.2, 0.25) is 0 Å². The number of carbonyl (C=O) groups is 2. The summed E-state index contributed by atoms with van der Waals surface area (Å²) in [4.78, 5) is 25.3. The minimum absolute atomic E-state index is 0.0267. The van der Waals surface area contributed by atoms with E-state index < -0.39 is 11.9 Å². The van der Waals surface area contributed by atoms with Crippen molar-refractivity contribution < 1.29 is 24.2 Å². The van der Waals surface area contributed by atoms with E-state index in [1.54, 1.807) is 30.3 Å². The molecule has 0 aliphatic heterocycles. The molecule has 4 rings (SSSR count). The molecule has 164 valence electrons. The number of hydrogen-bond acceptors (Lipinski definition) is 4. The average molecular weight is 503 g/mol. The summed E-state index contributed by atoms with van der Waals surface area (Å²) in [6.07, 6.45) is 0. The maximum atomic E-state index is 13.1. The lowest BCUT2D eigenvalue weighted by Gasteiger charge is -2.16. The first-order valence-corrected chi connectivity index (χ1v) is 10.9. The Balaban J connectivity index is 1.79. The molecule has 0 saturated carbocycles. The van der Waals surface area contributed by atoms with Crippen LogP contribution < -0.4 is 4.74 Å². The molecule has 0 aromatic heterocycles. The molecule has 0 bridgehead atoms. The number of rotatable bonds is 7. The van der Waals surface area contributed by atoms with Crippen LogP contribution in [0.1, 0.15) is 26.3 Å². The molecule has 0 aliphatic carbocycles. The van der Waals surface area contributed by atoms with Gasteiger partial charge in [0, 0.05) is 10.0 Å². The number of carboxylic acid groups (broad SMARTS) is 1. The normalized spacial score (nSPS) is 10.5. The van der Waals surface area contributed by atoms with Crippen molar-refractivity contribution in [2.24, 2.45) is 0 Å². The highest BCUT2D eigenvalue weighted by Gasteiger charge is 2.25. The zero-order chi connectivity index (χ0) is 23.2. The lowest BCUT2D eigenvalue weighted by atomic mass is 9.94. The van der Waals surface area contributed by atoms with Gasteiger partial charge in [-0.05, 0) is 47.5 Å². The number of halogens is 1. The summed E-state index contributed by atoms with van der Waals surface area (Å²) in [7, 11) is 0. The summed E-state index contributed by atoms with van der Waals surface area (Å²) in [6, 6.07) is 28.5. The van der Waals surface area contributed by atoms with Gasteiger partial charge in [0.05, 0.1) is 11.1 Å². The number of aromatic carboxylic acids is 1. The first-order valence-electron chi connectivity index (χ1n) is 10.1. The number of ether oxygens (including phenoxy) is 2. The maximum Gasteiger partial charge on any atom is 0.339 e. The van der Waals surface area contributed by atoms with Gasteiger partial charge in [0.1, 0.15) is 18.1 Å². The minimum atomic E-state index is -1.25. The second kappa shape index (κ2) is 10.1. The summed E-state index contributed by atoms with van der Waals surface area (Å²) in [5.41, 5.74) is 1.65. The highest BCUT2D eigenvalue weighted by Crippen LogP contribution is 2.34. The summed E-state index contributed by atoms with van der Waals surface area (Å²) in [5.74, 6) is -1.12. The molecule has 4 aromatic rings. The molecule has 0 saturated heterocycles. The van der Waals surface area contributed by atoms with E-state index in [1.165, 1.54) is 6.07 Å². The highest BCUT2D eigenvalue weighted by molar-refractivity contribution is 9.10. The molecule has 6 heteroatoms. The fourth-order valence-electron chi connectivity index (χ4n) is 3.34. The SMILES string of the molecule is O=C(O)c1cc(Oc2ccccc2)cc(-c2ccc(Br)cc2)c1C(=O)OCc1ccccc1. The quantitative estimate of drug-likeness (QED) is 0.276. The van der Waals surface area contributed by atoms with E-state index in [9.17, 15) is 14.7 Å². The molecule has 1 N–H and O–H groups in total. The van der Waals surface area contributed by atoms with Crippen LogP contribution in [0.2, 0.25) is 0 Å². The third kappa shape index (κ3) is 5.48. The maximum absolute atomic E-state index is 13.1. The standard InChI is InChI=1S/C27H19BrO5/c28-20-13-11-19(12-14-20)23-15-22(33-21-9-5-2-6-10-21)16-24(26(29)30)25(23)27(31)32-17-18-7-3-1-4-8-18/h1-16H,17H2,(H,29,30). The van der Waals surface area contributed by atoms with E-state index in [-0.39, 0.29) is 17.7 Å². The number of carbonyl (C=O) groups excluding carboxylic acids is 1. The Labute approximate surface area is 199 Å². The molecule has 0 heterocycles. The van der Waals surface area contributed by atoms with E-state index in [1.807, 2.05) is 60.7 Å². The first-order chi connectivity index (χ1) is 16.0. The molecule has 0 atom stereocenters. The third-order valence-corrected chi connectivity index (χ3v) is 5.42. The van der Waals surface area contributed by atoms with E-state index in [0.29, 0.717) is 22.6 Å². The number of hydrogen-bond donors (Lipinski definition) is 1. The van der Waals surface area contributed by atoms with Gasteiger partial charge in [-0.15, -0.1) is 0 Å². The van der Waals surface area contributed by atoms with Crippen molar-refractivity contribution >= 4 is 27.9 Å². The molecule has 0 unspecified atom stereocenters. The lowest BCUT2D eigenvalue weighted by molar-refractivity contribution is 0.0464. The van der Waals surface area contributed by atoms with Crippen LogP contribution in [0.25, 0.3) is 11.1 Å². The molecule has 0 spiro atoms. The second-order valence-corrected chi connectivity index (χ2v) is 8.10. The van der Waals surface area contributed by atoms with Crippen molar-refractivity contribution in [3.63, 3.8) is 0 Å². The van der Waals surface area contributed by atoms with E-state index in [0.717, 1.165) is 10.0 Å². The van der Waals surface area contributed by atoms with Gasteiger partial charge in [-0.25, -0.2) is 9.59 Å². The van der Waals surface area contributed by atoms with Gasteiger partial charge in [-0.3, -0.25) is 0 Å². The van der Waals surface area contributed by atoms with Gasteiger partial charge in [-0.1, -0.05) is 76.6 Å². The monoisotopic (exact) mass is 502 g/mol. The zero-order valence-corrected chi connectivity index (χ0v) is 19.0. The largest absolute Gasteiger partial charge is 0.478 e. The van der Waals surface area contributed by atoms with Crippen molar-refractivity contribution in [1.29, 1.82) is 0 Å². The molecule has 0 aliphatic rings.